The number of rotatable bonds is 6. The first-order chi connectivity index (χ1) is 31.7. The topological polar surface area (TPSA) is 0 Å². The molecule has 0 aromatic heterocycles. The zero-order chi connectivity index (χ0) is 47.1. The molecule has 0 unspecified atom stereocenters. The van der Waals surface area contributed by atoms with E-state index in [0.29, 0.717) is 51.1 Å². The molecule has 354 valence electrons. The fourth-order valence-electron chi connectivity index (χ4n) is 10.2. The van der Waals surface area contributed by atoms with Gasteiger partial charge in [0.25, 0.3) is 0 Å². The largest absolute Gasteiger partial charge is 0.203 e. The highest BCUT2D eigenvalue weighted by molar-refractivity contribution is 5.67. The normalized spacial score (nSPS) is 21.8. The third-order valence-corrected chi connectivity index (χ3v) is 14.9. The zero-order valence-corrected chi connectivity index (χ0v) is 39.6. The Morgan fingerprint density at radius 2 is 0.621 bits per heavy atom. The van der Waals surface area contributed by atoms with Gasteiger partial charge in [-0.2, -0.15) is 0 Å². The molecule has 3 aliphatic carbocycles. The van der Waals surface area contributed by atoms with Gasteiger partial charge in [-0.25, -0.2) is 26.3 Å². The Kier molecular flexibility index (Phi) is 16.4. The van der Waals surface area contributed by atoms with Crippen molar-refractivity contribution in [3.8, 4) is 33.4 Å². The van der Waals surface area contributed by atoms with E-state index in [0.717, 1.165) is 59.8 Å². The van der Waals surface area contributed by atoms with Gasteiger partial charge in [0.05, 0.1) is 0 Å². The van der Waals surface area contributed by atoms with Crippen LogP contribution in [0.25, 0.3) is 33.4 Å². The molecule has 6 heteroatoms. The van der Waals surface area contributed by atoms with E-state index in [9.17, 15) is 26.3 Å². The van der Waals surface area contributed by atoms with Gasteiger partial charge in [0.15, 0.2) is 34.9 Å². The zero-order valence-electron chi connectivity index (χ0n) is 39.6. The maximum atomic E-state index is 14.5. The van der Waals surface area contributed by atoms with Gasteiger partial charge >= 0.3 is 0 Å². The van der Waals surface area contributed by atoms with E-state index in [-0.39, 0.29) is 10.2 Å². The van der Waals surface area contributed by atoms with E-state index in [1.807, 2.05) is 55.5 Å². The van der Waals surface area contributed by atoms with Crippen LogP contribution in [0.5, 0.6) is 0 Å². The average Bonchev–Trinajstić information content (AvgIpc) is 3.33. The average molecular weight is 907 g/mol. The summed E-state index contributed by atoms with van der Waals surface area (Å²) < 4.78 is 84.6. The molecular weight excluding hydrogens is 835 g/mol. The fraction of sp³-hybridized carbons (Fsp3) is 0.400. The van der Waals surface area contributed by atoms with Crippen LogP contribution in [0.4, 0.5) is 26.3 Å². The highest BCUT2D eigenvalue weighted by Crippen LogP contribution is 2.40. The van der Waals surface area contributed by atoms with Gasteiger partial charge in [-0.3, -0.25) is 0 Å². The molecular formula is C60H72F6. The summed E-state index contributed by atoms with van der Waals surface area (Å²) in [5.41, 5.74) is 8.23. The van der Waals surface area contributed by atoms with E-state index in [1.165, 1.54) is 62.5 Å². The Bertz CT molecular complexity index is 2420. The van der Waals surface area contributed by atoms with Crippen LogP contribution in [0, 0.1) is 73.4 Å². The van der Waals surface area contributed by atoms with Crippen LogP contribution in [-0.2, 0) is 0 Å². The van der Waals surface area contributed by atoms with Crippen LogP contribution in [0.3, 0.4) is 0 Å². The van der Waals surface area contributed by atoms with Crippen molar-refractivity contribution >= 4 is 0 Å². The summed E-state index contributed by atoms with van der Waals surface area (Å²) in [5, 5.41) is 0. The minimum atomic E-state index is -0.751. The quantitative estimate of drug-likeness (QED) is 0.146. The van der Waals surface area contributed by atoms with E-state index in [1.54, 1.807) is 50.2 Å². The van der Waals surface area contributed by atoms with Crippen molar-refractivity contribution in [3.63, 3.8) is 0 Å². The lowest BCUT2D eigenvalue weighted by molar-refractivity contribution is 0.339. The van der Waals surface area contributed by atoms with E-state index in [2.05, 4.69) is 45.0 Å². The van der Waals surface area contributed by atoms with Crippen molar-refractivity contribution in [1.29, 1.82) is 0 Å². The number of benzene rings is 6. The van der Waals surface area contributed by atoms with Crippen molar-refractivity contribution in [3.05, 3.63) is 177 Å². The Balaban J connectivity index is 0.000000221. The van der Waals surface area contributed by atoms with Gasteiger partial charge < -0.3 is 0 Å². The van der Waals surface area contributed by atoms with Crippen LogP contribution in [0.2, 0.25) is 0 Å². The van der Waals surface area contributed by atoms with Crippen LogP contribution < -0.4 is 0 Å². The number of halogens is 6. The lowest BCUT2D eigenvalue weighted by atomic mass is 9.79. The van der Waals surface area contributed by atoms with E-state index >= 15 is 0 Å². The minimum absolute atomic E-state index is 0. The SMILES string of the molecule is Cc1ccc(-c2ccc(C3CCC(C)CC3)c(F)c2F)cc1.Cc1ccc(-c2ccc(C3CCC(C)CC3)cc2)c(F)c1F.Cc1ccc(-c2ccc(C3CCC(C)CC3)cc2)c(F)c1F.[HH].[HH].[HH]. The third-order valence-electron chi connectivity index (χ3n) is 14.9. The molecule has 3 aliphatic rings. The number of hydrogen-bond acceptors (Lipinski definition) is 0. The molecule has 6 aromatic carbocycles. The molecule has 0 saturated heterocycles. The summed E-state index contributed by atoms with van der Waals surface area (Å²) in [7, 11) is 0. The Morgan fingerprint density at radius 3 is 0.985 bits per heavy atom. The molecule has 0 radical (unpaired) electrons. The van der Waals surface area contributed by atoms with Gasteiger partial charge in [-0.1, -0.05) is 174 Å². The first kappa shape index (κ1) is 48.8. The summed E-state index contributed by atoms with van der Waals surface area (Å²) in [5.74, 6) is -0.592. The molecule has 0 heterocycles. The van der Waals surface area contributed by atoms with Gasteiger partial charge in [0, 0.05) is 21.0 Å². The number of aryl methyl sites for hydroxylation is 3. The van der Waals surface area contributed by atoms with E-state index in [4.69, 9.17) is 0 Å². The second-order valence-electron chi connectivity index (χ2n) is 19.9. The molecule has 9 rings (SSSR count). The first-order valence-corrected chi connectivity index (χ1v) is 24.3. The number of hydrogen-bond donors (Lipinski definition) is 0. The Morgan fingerprint density at radius 1 is 0.318 bits per heavy atom. The summed E-state index contributed by atoms with van der Waals surface area (Å²) in [6, 6.07) is 33.6. The van der Waals surface area contributed by atoms with Crippen molar-refractivity contribution in [1.82, 2.24) is 0 Å². The van der Waals surface area contributed by atoms with Crippen molar-refractivity contribution < 1.29 is 30.6 Å². The monoisotopic (exact) mass is 907 g/mol. The lowest BCUT2D eigenvalue weighted by Crippen LogP contribution is -2.13. The van der Waals surface area contributed by atoms with Crippen LogP contribution in [-0.4, -0.2) is 0 Å². The smallest absolute Gasteiger partial charge is 0.166 e. The Hall–Kier alpha value is -5.10. The maximum Gasteiger partial charge on any atom is 0.166 e. The summed E-state index contributed by atoms with van der Waals surface area (Å²) in [6.45, 7) is 12.0. The molecule has 6 aromatic rings. The highest BCUT2D eigenvalue weighted by Gasteiger charge is 2.26. The van der Waals surface area contributed by atoms with Gasteiger partial charge in [-0.15, -0.1) is 0 Å². The molecule has 3 saturated carbocycles. The second kappa shape index (κ2) is 22.1. The lowest BCUT2D eigenvalue weighted by Gasteiger charge is -2.27. The standard InChI is InChI=1S/3C20H22F2.3H2/c1-13-3-7-15(8-4-13)17-11-12-18(20(22)19(17)21)16-9-5-14(2)6-10-16;2*1-13-3-6-15(7-4-13)16-8-10-17(11-9-16)18-12-5-14(2)19(21)20(18)22;;;/h3-4,7-8,11-12,14,16H,5-6,9-10H2,1-2H3;2*5,8-13,15H,3-4,6-7H2,1-2H3;3*1H. The first-order valence-electron chi connectivity index (χ1n) is 24.3. The summed E-state index contributed by atoms with van der Waals surface area (Å²) >= 11 is 0. The maximum absolute atomic E-state index is 14.5. The molecule has 0 N–H and O–H groups in total. The molecule has 0 nitrogen and oxygen atoms in total. The molecule has 0 spiro atoms. The summed E-state index contributed by atoms with van der Waals surface area (Å²) in [6.07, 6.45) is 14.2. The molecule has 0 bridgehead atoms. The van der Waals surface area contributed by atoms with E-state index < -0.39 is 34.9 Å². The third kappa shape index (κ3) is 11.7. The van der Waals surface area contributed by atoms with Gasteiger partial charge in [-0.05, 0) is 139 Å². The predicted molar refractivity (Wildman–Crippen MR) is 267 cm³/mol. The van der Waals surface area contributed by atoms with Crippen molar-refractivity contribution in [2.75, 3.05) is 0 Å². The molecule has 0 atom stereocenters. The molecule has 66 heavy (non-hydrogen) atoms. The van der Waals surface area contributed by atoms with Crippen LogP contribution >= 0.6 is 0 Å². The molecule has 3 fully saturated rings. The van der Waals surface area contributed by atoms with Gasteiger partial charge in [0.1, 0.15) is 0 Å². The van der Waals surface area contributed by atoms with Crippen molar-refractivity contribution in [2.24, 2.45) is 17.8 Å². The highest BCUT2D eigenvalue weighted by atomic mass is 19.2. The van der Waals surface area contributed by atoms with Crippen LogP contribution in [0.1, 0.15) is 153 Å². The second-order valence-corrected chi connectivity index (χ2v) is 19.9. The summed E-state index contributed by atoms with van der Waals surface area (Å²) in [4.78, 5) is 0. The molecule has 0 aliphatic heterocycles. The van der Waals surface area contributed by atoms with Crippen molar-refractivity contribution in [2.45, 2.75) is 136 Å². The fourth-order valence-corrected chi connectivity index (χ4v) is 10.2. The predicted octanol–water partition coefficient (Wildman–Crippen LogP) is 19.4. The molecule has 0 amide bonds. The minimum Gasteiger partial charge on any atom is -0.203 e. The Labute approximate surface area is 394 Å². The van der Waals surface area contributed by atoms with Crippen LogP contribution in [0.15, 0.2) is 109 Å². The van der Waals surface area contributed by atoms with Gasteiger partial charge in [0.2, 0.25) is 0 Å².